The summed E-state index contributed by atoms with van der Waals surface area (Å²) in [6.07, 6.45) is 3.76. The predicted octanol–water partition coefficient (Wildman–Crippen LogP) is 2.30. The highest BCUT2D eigenvalue weighted by Gasteiger charge is 2.26. The van der Waals surface area contributed by atoms with Gasteiger partial charge in [-0.2, -0.15) is 4.98 Å². The smallest absolute Gasteiger partial charge is 0.320 e. The van der Waals surface area contributed by atoms with Crippen LogP contribution in [0.3, 0.4) is 0 Å². The van der Waals surface area contributed by atoms with E-state index < -0.39 is 0 Å². The van der Waals surface area contributed by atoms with Crippen LogP contribution >= 0.6 is 0 Å². The molecule has 0 aliphatic carbocycles. The maximum Gasteiger partial charge on any atom is 0.320 e. The van der Waals surface area contributed by atoms with Gasteiger partial charge in [-0.1, -0.05) is 0 Å². The molecule has 1 atom stereocenters. The van der Waals surface area contributed by atoms with Crippen LogP contribution in [0.5, 0.6) is 29.0 Å². The number of ether oxygens (including phenoxy) is 5. The number of likely N-dealkylation sites (tertiary alicyclic amines) is 1. The topological polar surface area (TPSA) is 92.2 Å². The van der Waals surface area contributed by atoms with Crippen molar-refractivity contribution in [2.24, 2.45) is 0 Å². The van der Waals surface area contributed by atoms with E-state index in [1.165, 1.54) is 12.4 Å². The van der Waals surface area contributed by atoms with Crippen molar-refractivity contribution in [2.45, 2.75) is 19.4 Å². The average molecular weight is 403 g/mol. The summed E-state index contributed by atoms with van der Waals surface area (Å²) in [5, 5.41) is 0. The van der Waals surface area contributed by atoms with Gasteiger partial charge in [-0.25, -0.2) is 0 Å². The number of nitrogens with zero attached hydrogens (tertiary/aromatic N) is 3. The van der Waals surface area contributed by atoms with Crippen LogP contribution in [-0.4, -0.2) is 67.4 Å². The Kier molecular flexibility index (Phi) is 7.07. The molecule has 156 valence electrons. The van der Waals surface area contributed by atoms with E-state index in [4.69, 9.17) is 23.7 Å². The minimum atomic E-state index is -0.224. The number of carbonyl (C=O) groups excluding carboxylic acids is 1. The van der Waals surface area contributed by atoms with Crippen LogP contribution in [0.2, 0.25) is 0 Å². The van der Waals surface area contributed by atoms with Gasteiger partial charge in [0.2, 0.25) is 11.8 Å². The first-order valence-electron chi connectivity index (χ1n) is 9.37. The van der Waals surface area contributed by atoms with Crippen LogP contribution in [0, 0.1) is 0 Å². The summed E-state index contributed by atoms with van der Waals surface area (Å²) >= 11 is 0. The second kappa shape index (κ2) is 9.92. The Morgan fingerprint density at radius 2 is 1.97 bits per heavy atom. The Morgan fingerprint density at radius 1 is 1.17 bits per heavy atom. The number of benzene rings is 1. The van der Waals surface area contributed by atoms with Crippen LogP contribution < -0.4 is 18.9 Å². The van der Waals surface area contributed by atoms with Gasteiger partial charge in [0.25, 0.3) is 0 Å². The van der Waals surface area contributed by atoms with Gasteiger partial charge in [0.15, 0.2) is 11.5 Å². The minimum Gasteiger partial charge on any atom is -0.493 e. The molecule has 3 rings (SSSR count). The maximum absolute atomic E-state index is 11.6. The Labute approximate surface area is 169 Å². The van der Waals surface area contributed by atoms with Gasteiger partial charge in [-0.3, -0.25) is 14.7 Å². The van der Waals surface area contributed by atoms with Crippen molar-refractivity contribution in [2.75, 3.05) is 40.5 Å². The molecular formula is C20H25N3O6. The second-order valence-electron chi connectivity index (χ2n) is 6.38. The van der Waals surface area contributed by atoms with Crippen molar-refractivity contribution >= 4 is 5.97 Å². The zero-order valence-electron chi connectivity index (χ0n) is 16.8. The third kappa shape index (κ3) is 5.71. The number of methoxy groups -OCH3 is 2. The van der Waals surface area contributed by atoms with Crippen molar-refractivity contribution in [3.63, 3.8) is 0 Å². The third-order valence-electron chi connectivity index (χ3n) is 4.34. The predicted molar refractivity (Wildman–Crippen MR) is 104 cm³/mol. The quantitative estimate of drug-likeness (QED) is 0.585. The number of carbonyl (C=O) groups is 1. The van der Waals surface area contributed by atoms with Crippen LogP contribution in [0.25, 0.3) is 0 Å². The van der Waals surface area contributed by atoms with Crippen molar-refractivity contribution in [3.05, 3.63) is 30.6 Å². The summed E-state index contributed by atoms with van der Waals surface area (Å²) < 4.78 is 27.2. The first-order chi connectivity index (χ1) is 14.1. The van der Waals surface area contributed by atoms with E-state index in [9.17, 15) is 4.79 Å². The van der Waals surface area contributed by atoms with Gasteiger partial charge >= 0.3 is 5.97 Å². The van der Waals surface area contributed by atoms with Crippen molar-refractivity contribution in [3.8, 4) is 29.0 Å². The molecule has 2 aromatic rings. The van der Waals surface area contributed by atoms with Crippen LogP contribution in [0.15, 0.2) is 30.6 Å². The van der Waals surface area contributed by atoms with Crippen molar-refractivity contribution < 1.29 is 28.5 Å². The lowest BCUT2D eigenvalue weighted by atomic mass is 10.3. The highest BCUT2D eigenvalue weighted by atomic mass is 16.5. The molecule has 9 heteroatoms. The normalized spacial score (nSPS) is 16.3. The highest BCUT2D eigenvalue weighted by Crippen LogP contribution is 2.32. The summed E-state index contributed by atoms with van der Waals surface area (Å²) in [6.45, 7) is 3.83. The molecule has 1 saturated heterocycles. The third-order valence-corrected chi connectivity index (χ3v) is 4.34. The fourth-order valence-corrected chi connectivity index (χ4v) is 3.03. The van der Waals surface area contributed by atoms with E-state index >= 15 is 0 Å². The SMILES string of the molecule is CCOC(=O)CN1CCC(Oc2cncc(Oc3ccc(OC)c(OC)c3)n2)C1. The molecule has 0 spiro atoms. The summed E-state index contributed by atoms with van der Waals surface area (Å²) in [6, 6.07) is 5.21. The molecule has 1 aliphatic rings. The van der Waals surface area contributed by atoms with Gasteiger partial charge in [-0.05, 0) is 25.5 Å². The standard InChI is InChI=1S/C20H25N3O6/c1-4-27-20(24)13-23-8-7-15(12-23)29-19-11-21-10-18(22-19)28-14-5-6-16(25-2)17(9-14)26-3/h5-6,9-11,15H,4,7-8,12-13H2,1-3H3. The molecule has 1 unspecified atom stereocenters. The fourth-order valence-electron chi connectivity index (χ4n) is 3.03. The van der Waals surface area contributed by atoms with E-state index in [1.54, 1.807) is 39.3 Å². The number of hydrogen-bond acceptors (Lipinski definition) is 9. The summed E-state index contributed by atoms with van der Waals surface area (Å²) in [4.78, 5) is 22.1. The Morgan fingerprint density at radius 3 is 2.72 bits per heavy atom. The van der Waals surface area contributed by atoms with Crippen molar-refractivity contribution in [1.29, 1.82) is 0 Å². The lowest BCUT2D eigenvalue weighted by molar-refractivity contribution is -0.144. The molecule has 9 nitrogen and oxygen atoms in total. The molecule has 2 heterocycles. The molecule has 29 heavy (non-hydrogen) atoms. The molecule has 1 aromatic heterocycles. The van der Waals surface area contributed by atoms with Crippen LogP contribution in [-0.2, 0) is 9.53 Å². The molecular weight excluding hydrogens is 378 g/mol. The monoisotopic (exact) mass is 403 g/mol. The van der Waals surface area contributed by atoms with Gasteiger partial charge in [0.05, 0.1) is 39.8 Å². The molecule has 0 radical (unpaired) electrons. The van der Waals surface area contributed by atoms with Crippen molar-refractivity contribution in [1.82, 2.24) is 14.9 Å². The Hall–Kier alpha value is -3.07. The zero-order chi connectivity index (χ0) is 20.6. The van der Waals surface area contributed by atoms with Gasteiger partial charge in [0.1, 0.15) is 11.9 Å². The molecule has 1 aliphatic heterocycles. The van der Waals surface area contributed by atoms with E-state index in [0.717, 1.165) is 13.0 Å². The first kappa shape index (κ1) is 20.7. The summed E-state index contributed by atoms with van der Waals surface area (Å²) in [7, 11) is 3.13. The Bertz CT molecular complexity index is 832. The molecule has 1 aromatic carbocycles. The number of rotatable bonds is 9. The number of esters is 1. The molecule has 0 amide bonds. The van der Waals surface area contributed by atoms with Gasteiger partial charge < -0.3 is 23.7 Å². The fraction of sp³-hybridized carbons (Fsp3) is 0.450. The average Bonchev–Trinajstić information content (AvgIpc) is 3.14. The summed E-state index contributed by atoms with van der Waals surface area (Å²) in [5.74, 6) is 2.14. The lowest BCUT2D eigenvalue weighted by Crippen LogP contribution is -2.31. The summed E-state index contributed by atoms with van der Waals surface area (Å²) in [5.41, 5.74) is 0. The minimum absolute atomic E-state index is 0.0740. The van der Waals surface area contributed by atoms with E-state index in [0.29, 0.717) is 42.2 Å². The largest absolute Gasteiger partial charge is 0.493 e. The van der Waals surface area contributed by atoms with E-state index in [2.05, 4.69) is 9.97 Å². The molecule has 0 saturated carbocycles. The van der Waals surface area contributed by atoms with Crippen LogP contribution in [0.1, 0.15) is 13.3 Å². The van der Waals surface area contributed by atoms with Gasteiger partial charge in [0, 0.05) is 19.2 Å². The van der Waals surface area contributed by atoms with E-state index in [1.807, 2.05) is 4.90 Å². The number of hydrogen-bond donors (Lipinski definition) is 0. The lowest BCUT2D eigenvalue weighted by Gasteiger charge is -2.15. The molecule has 0 N–H and O–H groups in total. The Balaban J connectivity index is 1.58. The molecule has 1 fully saturated rings. The molecule has 0 bridgehead atoms. The van der Waals surface area contributed by atoms with Gasteiger partial charge in [-0.15, -0.1) is 0 Å². The maximum atomic E-state index is 11.6. The highest BCUT2D eigenvalue weighted by molar-refractivity contribution is 5.71. The van der Waals surface area contributed by atoms with E-state index in [-0.39, 0.29) is 18.6 Å². The zero-order valence-corrected chi connectivity index (χ0v) is 16.8. The second-order valence-corrected chi connectivity index (χ2v) is 6.38. The first-order valence-corrected chi connectivity index (χ1v) is 9.37. The van der Waals surface area contributed by atoms with Crippen LogP contribution in [0.4, 0.5) is 0 Å². The number of aromatic nitrogens is 2.